The first kappa shape index (κ1) is 23.7. The van der Waals surface area contributed by atoms with E-state index in [1.54, 1.807) is 12.1 Å². The summed E-state index contributed by atoms with van der Waals surface area (Å²) in [5.41, 5.74) is 0. The molecule has 0 aromatic carbocycles. The van der Waals surface area contributed by atoms with E-state index in [-0.39, 0.29) is 24.4 Å². The molecule has 0 bridgehead atoms. The summed E-state index contributed by atoms with van der Waals surface area (Å²) >= 11 is 7.14. The molecule has 1 saturated carbocycles. The number of hydrogen-bond donors (Lipinski definition) is 1. The van der Waals surface area contributed by atoms with Crippen LogP contribution < -0.4 is 4.72 Å². The van der Waals surface area contributed by atoms with Crippen LogP contribution >= 0.6 is 22.9 Å². The van der Waals surface area contributed by atoms with Gasteiger partial charge in [0.1, 0.15) is 6.04 Å². The number of carbonyl (C=O) groups excluding carboxylic acids is 2. The lowest BCUT2D eigenvalue weighted by Gasteiger charge is -2.35. The minimum absolute atomic E-state index is 0.00393. The van der Waals surface area contributed by atoms with Gasteiger partial charge in [-0.05, 0) is 63.4 Å². The van der Waals surface area contributed by atoms with E-state index >= 15 is 0 Å². The second-order valence-corrected chi connectivity index (χ2v) is 12.4. The zero-order chi connectivity index (χ0) is 23.0. The number of sulfonamides is 1. The number of rotatable bonds is 8. The normalized spacial score (nSPS) is 28.1. The van der Waals surface area contributed by atoms with E-state index in [1.165, 1.54) is 28.7 Å². The molecule has 4 atom stereocenters. The molecule has 11 heteroatoms. The fourth-order valence-corrected chi connectivity index (χ4v) is 6.81. The van der Waals surface area contributed by atoms with Crippen LogP contribution in [-0.2, 0) is 19.6 Å². The molecule has 3 heterocycles. The van der Waals surface area contributed by atoms with E-state index in [0.717, 1.165) is 18.5 Å². The van der Waals surface area contributed by atoms with E-state index in [9.17, 15) is 18.0 Å². The molecular formula is C21H29ClN4O4S2. The number of thiophene rings is 1. The molecule has 8 nitrogen and oxygen atoms in total. The van der Waals surface area contributed by atoms with Gasteiger partial charge in [0, 0.05) is 36.0 Å². The number of nitrogens with one attached hydrogen (secondary N) is 1. The van der Waals surface area contributed by atoms with Crippen LogP contribution in [0.1, 0.15) is 24.1 Å². The predicted octanol–water partition coefficient (Wildman–Crippen LogP) is 1.69. The Kier molecular flexibility index (Phi) is 6.97. The van der Waals surface area contributed by atoms with Crippen molar-refractivity contribution in [2.45, 2.75) is 31.3 Å². The molecule has 2 saturated heterocycles. The Bertz CT molecular complexity index is 1010. The smallest absolute Gasteiger partial charge is 0.242 e. The highest BCUT2D eigenvalue weighted by Gasteiger charge is 2.53. The van der Waals surface area contributed by atoms with Crippen molar-refractivity contribution in [2.24, 2.45) is 11.8 Å². The van der Waals surface area contributed by atoms with Gasteiger partial charge in [-0.15, -0.1) is 11.3 Å². The maximum atomic E-state index is 13.0. The lowest BCUT2D eigenvalue weighted by molar-refractivity contribution is -0.144. The lowest BCUT2D eigenvalue weighted by Crippen LogP contribution is -2.55. The molecule has 1 aromatic rings. The molecule has 3 fully saturated rings. The third-order valence-electron chi connectivity index (χ3n) is 6.34. The van der Waals surface area contributed by atoms with E-state index < -0.39 is 16.1 Å². The molecular weight excluding hydrogens is 472 g/mol. The highest BCUT2D eigenvalue weighted by molar-refractivity contribution is 7.92. The number of carbonyl (C=O) groups is 2. The summed E-state index contributed by atoms with van der Waals surface area (Å²) in [4.78, 5) is 32.2. The first-order valence-corrected chi connectivity index (χ1v) is 13.6. The Morgan fingerprint density at radius 3 is 2.84 bits per heavy atom. The molecule has 32 heavy (non-hydrogen) atoms. The van der Waals surface area contributed by atoms with E-state index in [2.05, 4.69) is 9.62 Å². The first-order chi connectivity index (χ1) is 15.1. The van der Waals surface area contributed by atoms with Crippen LogP contribution in [0.3, 0.4) is 0 Å². The van der Waals surface area contributed by atoms with Crippen molar-refractivity contribution in [1.29, 1.82) is 0 Å². The van der Waals surface area contributed by atoms with Crippen molar-refractivity contribution in [1.82, 2.24) is 19.4 Å². The minimum Gasteiger partial charge on any atom is -0.336 e. The highest BCUT2D eigenvalue weighted by atomic mass is 35.5. The Hall–Kier alpha value is -1.46. The fraction of sp³-hybridized carbons (Fsp3) is 0.619. The van der Waals surface area contributed by atoms with Gasteiger partial charge in [0.25, 0.3) is 0 Å². The highest BCUT2D eigenvalue weighted by Crippen LogP contribution is 2.49. The monoisotopic (exact) mass is 500 g/mol. The van der Waals surface area contributed by atoms with Crippen LogP contribution in [0.15, 0.2) is 17.5 Å². The molecule has 3 aliphatic rings. The third kappa shape index (κ3) is 5.53. The molecule has 2 aliphatic heterocycles. The summed E-state index contributed by atoms with van der Waals surface area (Å²) in [7, 11) is 0.200. The zero-order valence-electron chi connectivity index (χ0n) is 18.2. The lowest BCUT2D eigenvalue weighted by atomic mass is 10.1. The van der Waals surface area contributed by atoms with Gasteiger partial charge in [-0.1, -0.05) is 11.6 Å². The fourth-order valence-electron chi connectivity index (χ4n) is 4.74. The third-order valence-corrected chi connectivity index (χ3v) is 8.65. The van der Waals surface area contributed by atoms with Gasteiger partial charge in [-0.25, -0.2) is 8.42 Å². The van der Waals surface area contributed by atoms with Crippen molar-refractivity contribution in [3.8, 4) is 0 Å². The van der Waals surface area contributed by atoms with Crippen LogP contribution in [0, 0.1) is 11.8 Å². The van der Waals surface area contributed by atoms with E-state index in [4.69, 9.17) is 11.6 Å². The number of halogens is 1. The van der Waals surface area contributed by atoms with Crippen molar-refractivity contribution < 1.29 is 18.0 Å². The average Bonchev–Trinajstić information content (AvgIpc) is 3.22. The number of nitrogens with zero attached hydrogens (tertiary/aromatic N) is 3. The minimum atomic E-state index is -3.81. The van der Waals surface area contributed by atoms with Crippen LogP contribution in [0.4, 0.5) is 0 Å². The first-order valence-electron chi connectivity index (χ1n) is 10.8. The number of fused-ring (bicyclic) bond motifs is 1. The molecule has 176 valence electrons. The molecule has 0 spiro atoms. The SMILES string of the molecule is CN(C)CC1C2CC2CN1C(=O)CN1CCC[C@H](NS(=O)(=O)C=Cc2ccc(Cl)s2)C1=O. The Labute approximate surface area is 198 Å². The van der Waals surface area contributed by atoms with Crippen LogP contribution in [-0.4, -0.2) is 87.3 Å². The van der Waals surface area contributed by atoms with Gasteiger partial charge < -0.3 is 14.7 Å². The van der Waals surface area contributed by atoms with Gasteiger partial charge in [-0.3, -0.25) is 9.59 Å². The second kappa shape index (κ2) is 9.42. The molecule has 3 unspecified atom stereocenters. The number of amides is 2. The van der Waals surface area contributed by atoms with Crippen LogP contribution in [0.5, 0.6) is 0 Å². The van der Waals surface area contributed by atoms with Crippen molar-refractivity contribution in [3.63, 3.8) is 0 Å². The zero-order valence-corrected chi connectivity index (χ0v) is 20.6. The summed E-state index contributed by atoms with van der Waals surface area (Å²) in [6.07, 6.45) is 3.69. The van der Waals surface area contributed by atoms with Crippen molar-refractivity contribution >= 4 is 50.9 Å². The summed E-state index contributed by atoms with van der Waals surface area (Å²) in [6, 6.07) is 2.76. The standard InChI is InChI=1S/C21H29ClN4O4S2/c1-24(2)12-18-16-10-14(16)11-26(18)20(27)13-25-8-3-4-17(21(25)28)23-32(29,30)9-7-15-5-6-19(22)31-15/h5-7,9,14,16-18,23H,3-4,8,10-13H2,1-2H3/t14?,16?,17-,18?/m0/s1. The molecule has 0 radical (unpaired) electrons. The summed E-state index contributed by atoms with van der Waals surface area (Å²) in [5.74, 6) is 0.776. The largest absolute Gasteiger partial charge is 0.336 e. The molecule has 1 aliphatic carbocycles. The van der Waals surface area contributed by atoms with E-state index in [0.29, 0.717) is 40.4 Å². The van der Waals surface area contributed by atoms with Gasteiger partial charge in [0.05, 0.1) is 10.9 Å². The van der Waals surface area contributed by atoms with Gasteiger partial charge in [0.15, 0.2) is 0 Å². The van der Waals surface area contributed by atoms with Crippen molar-refractivity contribution in [3.05, 3.63) is 26.8 Å². The predicted molar refractivity (Wildman–Crippen MR) is 126 cm³/mol. The van der Waals surface area contributed by atoms with Crippen molar-refractivity contribution in [2.75, 3.05) is 40.3 Å². The summed E-state index contributed by atoms with van der Waals surface area (Å²) in [6.45, 7) is 2.05. The number of likely N-dealkylation sites (tertiary alicyclic amines) is 2. The summed E-state index contributed by atoms with van der Waals surface area (Å²) < 4.78 is 28.0. The van der Waals surface area contributed by atoms with Gasteiger partial charge >= 0.3 is 0 Å². The van der Waals surface area contributed by atoms with Crippen LogP contribution in [0.2, 0.25) is 4.34 Å². The summed E-state index contributed by atoms with van der Waals surface area (Å²) in [5, 5.41) is 1.05. The number of piperidine rings is 2. The topological polar surface area (TPSA) is 90.0 Å². The maximum absolute atomic E-state index is 13.0. The molecule has 4 rings (SSSR count). The molecule has 1 aromatic heterocycles. The van der Waals surface area contributed by atoms with Gasteiger partial charge in [0.2, 0.25) is 21.8 Å². The molecule has 1 N–H and O–H groups in total. The van der Waals surface area contributed by atoms with Crippen LogP contribution in [0.25, 0.3) is 6.08 Å². The average molecular weight is 501 g/mol. The maximum Gasteiger partial charge on any atom is 0.242 e. The van der Waals surface area contributed by atoms with Gasteiger partial charge in [-0.2, -0.15) is 4.72 Å². The molecule has 2 amide bonds. The van der Waals surface area contributed by atoms with E-state index in [1.807, 2.05) is 19.0 Å². The quantitative estimate of drug-likeness (QED) is 0.586. The second-order valence-electron chi connectivity index (χ2n) is 9.10. The Morgan fingerprint density at radius 1 is 1.38 bits per heavy atom. The Morgan fingerprint density at radius 2 is 2.16 bits per heavy atom. The number of hydrogen-bond acceptors (Lipinski definition) is 6. The number of likely N-dealkylation sites (N-methyl/N-ethyl adjacent to an activating group) is 1. The Balaban J connectivity index is 1.35.